The first-order valence-corrected chi connectivity index (χ1v) is 5.85. The molecule has 0 bridgehead atoms. The molecular weight excluding hydrogens is 257 g/mol. The van der Waals surface area contributed by atoms with E-state index in [2.05, 4.69) is 4.98 Å². The third-order valence-electron chi connectivity index (χ3n) is 1.21. The highest BCUT2D eigenvalue weighted by Crippen LogP contribution is 2.45. The molecule has 1 heterocycles. The smallest absolute Gasteiger partial charge is 0.235 e. The Labute approximate surface area is 94.4 Å². The second-order valence-corrected chi connectivity index (χ2v) is 7.79. The number of hydrogen-bond donors (Lipinski definition) is 0. The van der Waals surface area contributed by atoms with Gasteiger partial charge in [-0.15, -0.1) is 11.3 Å². The Morgan fingerprint density at radius 3 is 2.25 bits per heavy atom. The highest BCUT2D eigenvalue weighted by atomic mass is 35.6. The second kappa shape index (κ2) is 3.93. The number of aryl methyl sites for hydroxylation is 2. The Hall–Kier alpha value is 0.850. The molecule has 1 rings (SSSR count). The van der Waals surface area contributed by atoms with Crippen molar-refractivity contribution in [3.05, 3.63) is 10.6 Å². The predicted octanol–water partition coefficient (Wildman–Crippen LogP) is 4.18. The highest BCUT2D eigenvalue weighted by Gasteiger charge is 2.23. The molecule has 1 aromatic heterocycles. The minimum atomic E-state index is -1.31. The molecule has 68 valence electrons. The zero-order valence-electron chi connectivity index (χ0n) is 6.40. The molecular formula is C6H6Cl3NS2. The summed E-state index contributed by atoms with van der Waals surface area (Å²) in [4.78, 5) is 5.38. The van der Waals surface area contributed by atoms with Gasteiger partial charge in [-0.2, -0.15) is 0 Å². The van der Waals surface area contributed by atoms with E-state index >= 15 is 0 Å². The first-order valence-electron chi connectivity index (χ1n) is 3.08. The number of nitrogens with zero attached hydrogens (tertiary/aromatic N) is 1. The summed E-state index contributed by atoms with van der Waals surface area (Å²) in [6.07, 6.45) is 0. The first-order chi connectivity index (χ1) is 5.38. The van der Waals surface area contributed by atoms with Gasteiger partial charge in [-0.1, -0.05) is 34.8 Å². The van der Waals surface area contributed by atoms with Gasteiger partial charge in [0.1, 0.15) is 0 Å². The van der Waals surface area contributed by atoms with Gasteiger partial charge in [0.2, 0.25) is 3.12 Å². The van der Waals surface area contributed by atoms with Crippen LogP contribution in [0.25, 0.3) is 0 Å². The fourth-order valence-electron chi connectivity index (χ4n) is 0.586. The maximum absolute atomic E-state index is 5.59. The summed E-state index contributed by atoms with van der Waals surface area (Å²) in [5, 5.41) is 0. The van der Waals surface area contributed by atoms with Crippen molar-refractivity contribution in [2.45, 2.75) is 21.3 Å². The molecule has 0 N–H and O–H groups in total. The van der Waals surface area contributed by atoms with Crippen LogP contribution in [0.15, 0.2) is 4.34 Å². The molecule has 0 fully saturated rings. The molecule has 0 aliphatic rings. The molecule has 1 nitrogen and oxygen atoms in total. The van der Waals surface area contributed by atoms with Crippen molar-refractivity contribution in [3.8, 4) is 0 Å². The van der Waals surface area contributed by atoms with Gasteiger partial charge in [0, 0.05) is 4.88 Å². The number of halogens is 3. The van der Waals surface area contributed by atoms with Gasteiger partial charge in [-0.3, -0.25) is 0 Å². The van der Waals surface area contributed by atoms with E-state index in [1.807, 2.05) is 13.8 Å². The SMILES string of the molecule is Cc1nc(SC(Cl)(Cl)Cl)sc1C. The van der Waals surface area contributed by atoms with Crippen LogP contribution in [0.4, 0.5) is 0 Å². The molecule has 6 heteroatoms. The molecule has 0 spiro atoms. The quantitative estimate of drug-likeness (QED) is 0.556. The molecule has 0 atom stereocenters. The molecule has 0 aromatic carbocycles. The number of alkyl halides is 3. The molecule has 0 aliphatic carbocycles. The van der Waals surface area contributed by atoms with Gasteiger partial charge < -0.3 is 0 Å². The summed E-state index contributed by atoms with van der Waals surface area (Å²) >= 11 is 19.4. The molecule has 0 unspecified atom stereocenters. The zero-order chi connectivity index (χ0) is 9.35. The van der Waals surface area contributed by atoms with Crippen molar-refractivity contribution < 1.29 is 0 Å². The molecule has 0 saturated carbocycles. The van der Waals surface area contributed by atoms with Crippen LogP contribution in [-0.2, 0) is 0 Å². The fraction of sp³-hybridized carbons (Fsp3) is 0.500. The van der Waals surface area contributed by atoms with Gasteiger partial charge in [0.25, 0.3) is 0 Å². The van der Waals surface area contributed by atoms with Crippen LogP contribution >= 0.6 is 57.9 Å². The maximum atomic E-state index is 5.59. The zero-order valence-corrected chi connectivity index (χ0v) is 10.3. The summed E-state index contributed by atoms with van der Waals surface area (Å²) in [7, 11) is 0. The Bertz CT molecular complexity index is 259. The minimum absolute atomic E-state index is 0.796. The lowest BCUT2D eigenvalue weighted by Gasteiger charge is -2.05. The topological polar surface area (TPSA) is 12.9 Å². The number of aromatic nitrogens is 1. The van der Waals surface area contributed by atoms with E-state index in [0.717, 1.165) is 26.7 Å². The number of thiazole rings is 1. The lowest BCUT2D eigenvalue weighted by molar-refractivity contribution is 1.14. The van der Waals surface area contributed by atoms with Crippen molar-refractivity contribution in [1.82, 2.24) is 4.98 Å². The maximum Gasteiger partial charge on any atom is 0.244 e. The number of rotatable bonds is 1. The van der Waals surface area contributed by atoms with Crippen LogP contribution in [0.2, 0.25) is 0 Å². The normalized spacial score (nSPS) is 12.1. The van der Waals surface area contributed by atoms with Crippen LogP contribution < -0.4 is 0 Å². The van der Waals surface area contributed by atoms with Gasteiger partial charge in [-0.05, 0) is 25.6 Å². The first kappa shape index (κ1) is 10.9. The molecule has 1 aromatic rings. The van der Waals surface area contributed by atoms with E-state index in [9.17, 15) is 0 Å². The summed E-state index contributed by atoms with van der Waals surface area (Å²) in [5.41, 5.74) is 0.997. The predicted molar refractivity (Wildman–Crippen MR) is 57.7 cm³/mol. The van der Waals surface area contributed by atoms with Gasteiger partial charge in [-0.25, -0.2) is 4.98 Å². The lowest BCUT2D eigenvalue weighted by atomic mass is 10.4. The standard InChI is InChI=1S/C6H6Cl3NS2/c1-3-4(2)11-5(10-3)12-6(7,8)9/h1-2H3. The van der Waals surface area contributed by atoms with E-state index < -0.39 is 3.12 Å². The molecule has 0 amide bonds. The Balaban J connectivity index is 2.77. The monoisotopic (exact) mass is 261 g/mol. The molecule has 12 heavy (non-hydrogen) atoms. The lowest BCUT2D eigenvalue weighted by Crippen LogP contribution is -1.92. The average Bonchev–Trinajstić information content (AvgIpc) is 2.07. The summed E-state index contributed by atoms with van der Waals surface area (Å²) in [6, 6.07) is 0. The Kier molecular flexibility index (Phi) is 3.58. The van der Waals surface area contributed by atoms with Crippen molar-refractivity contribution in [1.29, 1.82) is 0 Å². The molecule has 0 radical (unpaired) electrons. The third-order valence-corrected chi connectivity index (χ3v) is 3.77. The molecule has 0 saturated heterocycles. The number of hydrogen-bond acceptors (Lipinski definition) is 3. The van der Waals surface area contributed by atoms with E-state index in [1.54, 1.807) is 0 Å². The number of thioether (sulfide) groups is 1. The van der Waals surface area contributed by atoms with Crippen molar-refractivity contribution >= 4 is 57.9 Å². The van der Waals surface area contributed by atoms with Crippen LogP contribution in [0, 0.1) is 13.8 Å². The van der Waals surface area contributed by atoms with Crippen LogP contribution in [0.3, 0.4) is 0 Å². The van der Waals surface area contributed by atoms with Crippen LogP contribution in [0.1, 0.15) is 10.6 Å². The fourth-order valence-corrected chi connectivity index (χ4v) is 3.59. The summed E-state index contributed by atoms with van der Waals surface area (Å²) < 4.78 is -0.512. The van der Waals surface area contributed by atoms with E-state index in [0.29, 0.717) is 0 Å². The van der Waals surface area contributed by atoms with E-state index in [1.165, 1.54) is 11.3 Å². The Morgan fingerprint density at radius 2 is 1.92 bits per heavy atom. The Morgan fingerprint density at radius 1 is 1.33 bits per heavy atom. The van der Waals surface area contributed by atoms with E-state index in [-0.39, 0.29) is 0 Å². The minimum Gasteiger partial charge on any atom is -0.235 e. The highest BCUT2D eigenvalue weighted by molar-refractivity contribution is 8.06. The molecule has 0 aliphatic heterocycles. The van der Waals surface area contributed by atoms with Gasteiger partial charge in [0.15, 0.2) is 4.34 Å². The largest absolute Gasteiger partial charge is 0.244 e. The van der Waals surface area contributed by atoms with Gasteiger partial charge >= 0.3 is 0 Å². The van der Waals surface area contributed by atoms with Crippen LogP contribution in [-0.4, -0.2) is 8.11 Å². The van der Waals surface area contributed by atoms with Crippen molar-refractivity contribution in [2.24, 2.45) is 0 Å². The van der Waals surface area contributed by atoms with Crippen molar-refractivity contribution in [3.63, 3.8) is 0 Å². The van der Waals surface area contributed by atoms with Crippen molar-refractivity contribution in [2.75, 3.05) is 0 Å². The summed E-state index contributed by atoms with van der Waals surface area (Å²) in [5.74, 6) is 0. The van der Waals surface area contributed by atoms with Crippen LogP contribution in [0.5, 0.6) is 0 Å². The third kappa shape index (κ3) is 3.30. The second-order valence-electron chi connectivity index (χ2n) is 2.17. The van der Waals surface area contributed by atoms with E-state index in [4.69, 9.17) is 34.8 Å². The van der Waals surface area contributed by atoms with Gasteiger partial charge in [0.05, 0.1) is 5.69 Å². The summed E-state index contributed by atoms with van der Waals surface area (Å²) in [6.45, 7) is 3.93. The average molecular weight is 263 g/mol.